The van der Waals surface area contributed by atoms with Crippen molar-refractivity contribution < 1.29 is 4.84 Å². The highest BCUT2D eigenvalue weighted by Gasteiger charge is 2.01. The lowest BCUT2D eigenvalue weighted by Crippen LogP contribution is -2.01. The summed E-state index contributed by atoms with van der Waals surface area (Å²) in [4.78, 5) is 8.96. The Morgan fingerprint density at radius 2 is 2.38 bits per heavy atom. The highest BCUT2D eigenvalue weighted by molar-refractivity contribution is 6.06. The molecule has 0 saturated heterocycles. The third kappa shape index (κ3) is 3.45. The molecule has 0 radical (unpaired) electrons. The maximum Gasteiger partial charge on any atom is 0.159 e. The molecule has 5 heteroatoms. The summed E-state index contributed by atoms with van der Waals surface area (Å²) in [6, 6.07) is 5.29. The summed E-state index contributed by atoms with van der Waals surface area (Å²) < 4.78 is 0. The van der Waals surface area contributed by atoms with Gasteiger partial charge < -0.3 is 10.2 Å². The molecule has 0 bridgehead atoms. The minimum atomic E-state index is 0.235. The maximum absolute atomic E-state index is 7.68. The van der Waals surface area contributed by atoms with Crippen LogP contribution >= 0.6 is 0 Å². The Morgan fingerprint density at radius 1 is 1.56 bits per heavy atom. The summed E-state index contributed by atoms with van der Waals surface area (Å²) in [5, 5.41) is 17.8. The molecule has 1 heterocycles. The van der Waals surface area contributed by atoms with Crippen molar-refractivity contribution in [3.63, 3.8) is 0 Å². The molecule has 0 aliphatic rings. The van der Waals surface area contributed by atoms with E-state index in [0.717, 1.165) is 6.21 Å². The molecule has 0 spiro atoms. The van der Waals surface area contributed by atoms with E-state index in [9.17, 15) is 0 Å². The average Bonchev–Trinajstić information content (AvgIpc) is 2.33. The first-order chi connectivity index (χ1) is 7.77. The van der Waals surface area contributed by atoms with Crippen molar-refractivity contribution in [3.05, 3.63) is 41.7 Å². The number of allylic oxidation sites excluding steroid dienone is 2. The van der Waals surface area contributed by atoms with Gasteiger partial charge in [-0.15, -0.1) is 5.16 Å². The highest BCUT2D eigenvalue weighted by atomic mass is 16.6. The summed E-state index contributed by atoms with van der Waals surface area (Å²) in [7, 11) is 0. The molecule has 16 heavy (non-hydrogen) atoms. The molecule has 1 rings (SSSR count). The average molecular weight is 216 g/mol. The zero-order valence-corrected chi connectivity index (χ0v) is 8.68. The Hall–Kier alpha value is -2.30. The lowest BCUT2D eigenvalue weighted by atomic mass is 10.2. The zero-order chi connectivity index (χ0) is 11.8. The van der Waals surface area contributed by atoms with Crippen molar-refractivity contribution in [3.8, 4) is 0 Å². The lowest BCUT2D eigenvalue weighted by molar-refractivity contribution is 0.130. The first kappa shape index (κ1) is 11.8. The van der Waals surface area contributed by atoms with Gasteiger partial charge in [-0.1, -0.05) is 6.07 Å². The molecule has 0 aliphatic heterocycles. The molecule has 1 aromatic rings. The fourth-order valence-electron chi connectivity index (χ4n) is 1.05. The molecule has 0 saturated carbocycles. The van der Waals surface area contributed by atoms with Gasteiger partial charge in [-0.3, -0.25) is 5.41 Å². The number of rotatable bonds is 6. The Bertz CT molecular complexity index is 426. The fourth-order valence-corrected chi connectivity index (χ4v) is 1.05. The molecule has 82 valence electrons. The third-order valence-electron chi connectivity index (χ3n) is 1.75. The van der Waals surface area contributed by atoms with E-state index in [1.807, 2.05) is 0 Å². The van der Waals surface area contributed by atoms with Crippen LogP contribution in [0, 0.1) is 10.8 Å². The largest absolute Gasteiger partial charge is 0.390 e. The molecule has 1 aromatic heterocycles. The second kappa shape index (κ2) is 6.23. The first-order valence-corrected chi connectivity index (χ1v) is 4.58. The van der Waals surface area contributed by atoms with Gasteiger partial charge in [-0.2, -0.15) is 0 Å². The molecule has 0 fully saturated rings. The molecule has 0 aliphatic carbocycles. The van der Waals surface area contributed by atoms with Crippen LogP contribution in [-0.2, 0) is 11.4 Å². The quantitative estimate of drug-likeness (QED) is 0.561. The van der Waals surface area contributed by atoms with Gasteiger partial charge in [0, 0.05) is 12.9 Å². The predicted molar refractivity (Wildman–Crippen MR) is 63.3 cm³/mol. The van der Waals surface area contributed by atoms with E-state index in [4.69, 9.17) is 15.7 Å². The Labute approximate surface area is 93.5 Å². The highest BCUT2D eigenvalue weighted by Crippen LogP contribution is 2.03. The van der Waals surface area contributed by atoms with Gasteiger partial charge in [0.15, 0.2) is 6.61 Å². The first-order valence-electron chi connectivity index (χ1n) is 4.58. The van der Waals surface area contributed by atoms with E-state index >= 15 is 0 Å². The van der Waals surface area contributed by atoms with Crippen LogP contribution in [0.3, 0.4) is 0 Å². The number of oxime groups is 1. The smallest absolute Gasteiger partial charge is 0.159 e. The monoisotopic (exact) mass is 216 g/mol. The summed E-state index contributed by atoms with van der Waals surface area (Å²) in [6.07, 6.45) is 4.09. The normalized spacial score (nSPS) is 10.0. The SMILES string of the molecule is C=NOCc1cccc(C(=N)/C=C\C=N)n1. The molecular weight excluding hydrogens is 204 g/mol. The van der Waals surface area contributed by atoms with Gasteiger partial charge in [0.2, 0.25) is 0 Å². The number of pyridine rings is 1. The Kier molecular flexibility index (Phi) is 4.59. The van der Waals surface area contributed by atoms with Crippen LogP contribution in [0.15, 0.2) is 35.5 Å². The molecular formula is C11H12N4O. The van der Waals surface area contributed by atoms with E-state index in [1.165, 1.54) is 12.2 Å². The van der Waals surface area contributed by atoms with Crippen LogP contribution in [0.2, 0.25) is 0 Å². The van der Waals surface area contributed by atoms with Gasteiger partial charge in [0.05, 0.1) is 17.1 Å². The fraction of sp³-hybridized carbons (Fsp3) is 0.0909. The maximum atomic E-state index is 7.68. The van der Waals surface area contributed by atoms with E-state index < -0.39 is 0 Å². The van der Waals surface area contributed by atoms with Crippen molar-refractivity contribution in [1.29, 1.82) is 10.8 Å². The molecule has 0 aromatic carbocycles. The minimum absolute atomic E-state index is 0.235. The van der Waals surface area contributed by atoms with Gasteiger partial charge in [0.1, 0.15) is 0 Å². The van der Waals surface area contributed by atoms with Crippen LogP contribution in [-0.4, -0.2) is 23.6 Å². The van der Waals surface area contributed by atoms with Gasteiger partial charge in [-0.05, 0) is 24.3 Å². The van der Waals surface area contributed by atoms with E-state index in [-0.39, 0.29) is 12.3 Å². The standard InChI is InChI=1S/C11H12N4O/c1-14-16-8-9-4-2-6-11(15-9)10(13)5-3-7-12/h2-7,12-13H,1,8H2/b5-3-,12-7?,13-10?. The molecule has 0 unspecified atom stereocenters. The second-order valence-corrected chi connectivity index (χ2v) is 2.86. The van der Waals surface area contributed by atoms with Gasteiger partial charge in [0.25, 0.3) is 0 Å². The zero-order valence-electron chi connectivity index (χ0n) is 8.68. The van der Waals surface area contributed by atoms with Crippen molar-refractivity contribution in [1.82, 2.24) is 4.98 Å². The summed E-state index contributed by atoms with van der Waals surface area (Å²) >= 11 is 0. The summed E-state index contributed by atoms with van der Waals surface area (Å²) in [5.41, 5.74) is 1.46. The Morgan fingerprint density at radius 3 is 3.06 bits per heavy atom. The molecule has 2 N–H and O–H groups in total. The Balaban J connectivity index is 2.80. The number of aromatic nitrogens is 1. The van der Waals surface area contributed by atoms with Crippen molar-refractivity contribution in [2.75, 3.05) is 0 Å². The minimum Gasteiger partial charge on any atom is -0.390 e. The van der Waals surface area contributed by atoms with Gasteiger partial charge in [-0.25, -0.2) is 4.98 Å². The van der Waals surface area contributed by atoms with Crippen LogP contribution in [0.5, 0.6) is 0 Å². The summed E-state index contributed by atoms with van der Waals surface area (Å²) in [6.45, 7) is 3.43. The topological polar surface area (TPSA) is 82.2 Å². The van der Waals surface area contributed by atoms with Crippen molar-refractivity contribution in [2.24, 2.45) is 5.16 Å². The molecule has 5 nitrogen and oxygen atoms in total. The number of nitrogens with one attached hydrogen (secondary N) is 2. The molecule has 0 amide bonds. The number of nitrogens with zero attached hydrogens (tertiary/aromatic N) is 2. The van der Waals surface area contributed by atoms with E-state index in [2.05, 4.69) is 16.9 Å². The molecule has 0 atom stereocenters. The lowest BCUT2D eigenvalue weighted by Gasteiger charge is -2.02. The van der Waals surface area contributed by atoms with Crippen molar-refractivity contribution >= 4 is 18.6 Å². The van der Waals surface area contributed by atoms with E-state index in [0.29, 0.717) is 11.4 Å². The van der Waals surface area contributed by atoms with Crippen LogP contribution < -0.4 is 0 Å². The van der Waals surface area contributed by atoms with Crippen LogP contribution in [0.25, 0.3) is 0 Å². The third-order valence-corrected chi connectivity index (χ3v) is 1.75. The van der Waals surface area contributed by atoms with Gasteiger partial charge >= 0.3 is 0 Å². The second-order valence-electron chi connectivity index (χ2n) is 2.86. The summed E-state index contributed by atoms with van der Waals surface area (Å²) in [5.74, 6) is 0. The van der Waals surface area contributed by atoms with Crippen molar-refractivity contribution in [2.45, 2.75) is 6.61 Å². The number of hydrogen-bond donors (Lipinski definition) is 2. The predicted octanol–water partition coefficient (Wildman–Crippen LogP) is 1.79. The van der Waals surface area contributed by atoms with E-state index in [1.54, 1.807) is 18.2 Å². The number of hydrogen-bond acceptors (Lipinski definition) is 5. The van der Waals surface area contributed by atoms with Crippen LogP contribution in [0.1, 0.15) is 11.4 Å². The van der Waals surface area contributed by atoms with Crippen LogP contribution in [0.4, 0.5) is 0 Å².